The SMILES string of the molecule is Cc1ncsc1-c1ccc([C@H](C)NC(=O)[C@@H]2C[C@@H](O)CN2C(=O)[C@@H](NC(=O)CN2CCN(c3ccc(-c4cnnc(-c5cccc6cccnc56)c4)cc3)CC2)C(C)(C)C)cc1. The Morgan fingerprint density at radius 1 is 0.887 bits per heavy atom. The number of amides is 3. The predicted octanol–water partition coefficient (Wildman–Crippen LogP) is 6.28. The highest BCUT2D eigenvalue weighted by Gasteiger charge is 2.45. The van der Waals surface area contributed by atoms with E-state index in [1.54, 1.807) is 23.7 Å². The molecule has 0 unspecified atom stereocenters. The van der Waals surface area contributed by atoms with Gasteiger partial charge in [0.1, 0.15) is 12.1 Å². The average molecular weight is 852 g/mol. The lowest BCUT2D eigenvalue weighted by atomic mass is 9.85. The maximum atomic E-state index is 14.2. The molecule has 0 bridgehead atoms. The van der Waals surface area contributed by atoms with Crippen LogP contribution < -0.4 is 15.5 Å². The molecule has 13 nitrogen and oxygen atoms in total. The van der Waals surface area contributed by atoms with Crippen LogP contribution in [0.15, 0.2) is 103 Å². The molecule has 2 fully saturated rings. The molecule has 0 saturated carbocycles. The molecule has 3 aromatic carbocycles. The number of rotatable bonds is 11. The van der Waals surface area contributed by atoms with E-state index in [2.05, 4.69) is 64.9 Å². The van der Waals surface area contributed by atoms with Crippen LogP contribution in [-0.4, -0.2) is 110 Å². The topological polar surface area (TPSA) is 157 Å². The highest BCUT2D eigenvalue weighted by molar-refractivity contribution is 7.13. The quantitative estimate of drug-likeness (QED) is 0.136. The van der Waals surface area contributed by atoms with E-state index >= 15 is 0 Å². The number of aliphatic hydroxyl groups is 1. The van der Waals surface area contributed by atoms with Crippen LogP contribution >= 0.6 is 11.3 Å². The number of β-amino-alcohol motifs (C(OH)–C–C–N with tert-alkyl or cyclic N) is 1. The number of piperazine rings is 1. The summed E-state index contributed by atoms with van der Waals surface area (Å²) in [7, 11) is 0. The highest BCUT2D eigenvalue weighted by Crippen LogP contribution is 2.32. The van der Waals surface area contributed by atoms with Crippen LogP contribution in [0, 0.1) is 12.3 Å². The van der Waals surface area contributed by atoms with Crippen LogP contribution in [0.1, 0.15) is 51.4 Å². The third kappa shape index (κ3) is 9.37. The number of carbonyl (C=O) groups is 3. The number of para-hydroxylation sites is 1. The van der Waals surface area contributed by atoms with Crippen molar-refractivity contribution in [1.29, 1.82) is 0 Å². The van der Waals surface area contributed by atoms with Gasteiger partial charge in [-0.2, -0.15) is 10.2 Å². The van der Waals surface area contributed by atoms with Crippen LogP contribution in [0.4, 0.5) is 5.69 Å². The molecule has 2 aliphatic rings. The lowest BCUT2D eigenvalue weighted by Crippen LogP contribution is -2.59. The summed E-state index contributed by atoms with van der Waals surface area (Å²) in [5, 5.41) is 26.6. The summed E-state index contributed by atoms with van der Waals surface area (Å²) < 4.78 is 0. The van der Waals surface area contributed by atoms with Crippen molar-refractivity contribution in [3.05, 3.63) is 114 Å². The minimum Gasteiger partial charge on any atom is -0.391 e. The first-order valence-electron chi connectivity index (χ1n) is 21.2. The molecule has 3 aromatic heterocycles. The summed E-state index contributed by atoms with van der Waals surface area (Å²) in [6, 6.07) is 26.4. The van der Waals surface area contributed by atoms with E-state index < -0.39 is 23.6 Å². The second-order valence-electron chi connectivity index (χ2n) is 17.4. The molecule has 14 heteroatoms. The predicted molar refractivity (Wildman–Crippen MR) is 243 cm³/mol. The third-order valence-corrected chi connectivity index (χ3v) is 12.9. The smallest absolute Gasteiger partial charge is 0.246 e. The van der Waals surface area contributed by atoms with E-state index in [9.17, 15) is 19.5 Å². The molecule has 2 aliphatic heterocycles. The number of benzene rings is 3. The minimum absolute atomic E-state index is 0.0168. The number of pyridine rings is 1. The summed E-state index contributed by atoms with van der Waals surface area (Å²) >= 11 is 1.59. The Bertz CT molecular complexity index is 2540. The van der Waals surface area contributed by atoms with Crippen molar-refractivity contribution in [3.8, 4) is 32.8 Å². The van der Waals surface area contributed by atoms with Crippen molar-refractivity contribution in [1.82, 2.24) is 40.6 Å². The number of aliphatic hydroxyl groups excluding tert-OH is 1. The van der Waals surface area contributed by atoms with Crippen LogP contribution in [-0.2, 0) is 14.4 Å². The van der Waals surface area contributed by atoms with E-state index in [0.717, 1.165) is 73.8 Å². The van der Waals surface area contributed by atoms with E-state index in [0.29, 0.717) is 13.1 Å². The zero-order chi connectivity index (χ0) is 43.5. The van der Waals surface area contributed by atoms with Gasteiger partial charge in [0, 0.05) is 67.5 Å². The van der Waals surface area contributed by atoms with Crippen molar-refractivity contribution in [2.45, 2.75) is 65.3 Å². The van der Waals surface area contributed by atoms with Gasteiger partial charge in [0.15, 0.2) is 0 Å². The summed E-state index contributed by atoms with van der Waals surface area (Å²) in [6.07, 6.45) is 2.83. The van der Waals surface area contributed by atoms with Gasteiger partial charge in [-0.25, -0.2) is 4.98 Å². The van der Waals surface area contributed by atoms with Gasteiger partial charge in [0.05, 0.1) is 52.2 Å². The molecule has 0 aliphatic carbocycles. The molecule has 3 amide bonds. The number of carbonyl (C=O) groups excluding carboxylic acids is 3. The Balaban J connectivity index is 0.850. The number of thiazole rings is 1. The molecular weight excluding hydrogens is 799 g/mol. The second kappa shape index (κ2) is 18.1. The average Bonchev–Trinajstić information content (AvgIpc) is 3.90. The Morgan fingerprint density at radius 2 is 1.61 bits per heavy atom. The van der Waals surface area contributed by atoms with Crippen molar-refractivity contribution in [2.24, 2.45) is 5.41 Å². The Labute approximate surface area is 366 Å². The molecule has 320 valence electrons. The number of anilines is 1. The van der Waals surface area contributed by atoms with Gasteiger partial charge in [0.25, 0.3) is 0 Å². The van der Waals surface area contributed by atoms with Gasteiger partial charge in [-0.3, -0.25) is 24.3 Å². The molecule has 5 heterocycles. The first-order chi connectivity index (χ1) is 29.8. The van der Waals surface area contributed by atoms with Gasteiger partial charge in [0.2, 0.25) is 17.7 Å². The number of hydrogen-bond acceptors (Lipinski definition) is 11. The second-order valence-corrected chi connectivity index (χ2v) is 18.3. The van der Waals surface area contributed by atoms with Crippen LogP contribution in [0.2, 0.25) is 0 Å². The Kier molecular flexibility index (Phi) is 12.4. The summed E-state index contributed by atoms with van der Waals surface area (Å²) in [5.74, 6) is -0.974. The molecule has 0 radical (unpaired) electrons. The number of likely N-dealkylation sites (tertiary alicyclic amines) is 1. The van der Waals surface area contributed by atoms with Gasteiger partial charge in [-0.1, -0.05) is 81.4 Å². The van der Waals surface area contributed by atoms with Gasteiger partial charge >= 0.3 is 0 Å². The summed E-state index contributed by atoms with van der Waals surface area (Å²) in [6.45, 7) is 12.5. The van der Waals surface area contributed by atoms with E-state index in [1.807, 2.05) is 101 Å². The monoisotopic (exact) mass is 851 g/mol. The summed E-state index contributed by atoms with van der Waals surface area (Å²) in [4.78, 5) is 57.5. The van der Waals surface area contributed by atoms with Crippen LogP contribution in [0.25, 0.3) is 43.7 Å². The normalized spacial score (nSPS) is 18.1. The fraction of sp³-hybridized carbons (Fsp3) is 0.354. The zero-order valence-corrected chi connectivity index (χ0v) is 36.6. The lowest BCUT2D eigenvalue weighted by Gasteiger charge is -2.37. The molecule has 3 N–H and O–H groups in total. The Hall–Kier alpha value is -6.09. The fourth-order valence-corrected chi connectivity index (χ4v) is 9.23. The molecule has 2 saturated heterocycles. The first-order valence-corrected chi connectivity index (χ1v) is 22.0. The van der Waals surface area contributed by atoms with Gasteiger partial charge in [-0.05, 0) is 60.2 Å². The first kappa shape index (κ1) is 42.6. The number of fused-ring (bicyclic) bond motifs is 1. The van der Waals surface area contributed by atoms with Crippen LogP contribution in [0.3, 0.4) is 0 Å². The number of nitrogens with one attached hydrogen (secondary N) is 2. The number of nitrogens with zero attached hydrogens (tertiary/aromatic N) is 7. The minimum atomic E-state index is -0.897. The molecule has 62 heavy (non-hydrogen) atoms. The summed E-state index contributed by atoms with van der Waals surface area (Å²) in [5.41, 5.74) is 9.82. The zero-order valence-electron chi connectivity index (χ0n) is 35.8. The molecular formula is C48H53N9O4S. The van der Waals surface area contributed by atoms with E-state index in [1.165, 1.54) is 4.90 Å². The van der Waals surface area contributed by atoms with E-state index in [-0.39, 0.29) is 43.3 Å². The fourth-order valence-electron chi connectivity index (χ4n) is 8.42. The maximum Gasteiger partial charge on any atom is 0.246 e. The Morgan fingerprint density at radius 3 is 2.32 bits per heavy atom. The molecule has 6 aromatic rings. The molecule has 8 rings (SSSR count). The van der Waals surface area contributed by atoms with Crippen molar-refractivity contribution < 1.29 is 19.5 Å². The molecule has 0 spiro atoms. The number of hydrogen-bond donors (Lipinski definition) is 3. The number of aromatic nitrogens is 4. The van der Waals surface area contributed by atoms with Crippen molar-refractivity contribution >= 4 is 45.6 Å². The third-order valence-electron chi connectivity index (χ3n) is 11.9. The van der Waals surface area contributed by atoms with Crippen molar-refractivity contribution in [2.75, 3.05) is 44.2 Å². The standard InChI is InChI=1S/C48H53N9O4S/c1-30(32-11-13-35(14-12-32)44-31(2)50-29-62-44)52-46(60)41-25-38(58)27-57(41)47(61)45(48(3,4)5)53-42(59)28-55-20-22-56(23-21-55)37-17-15-33(16-18-37)36-24-40(54-51-26-36)39-10-6-8-34-9-7-19-49-43(34)39/h6-19,24,26,29-30,38,41,45,58H,20-23,25,27-28H2,1-5H3,(H,52,60)(H,53,59)/t30-,38+,41-,45+/m0/s1. The van der Waals surface area contributed by atoms with Gasteiger partial charge in [-0.15, -0.1) is 11.3 Å². The van der Waals surface area contributed by atoms with E-state index in [4.69, 9.17) is 0 Å². The van der Waals surface area contributed by atoms with Gasteiger partial charge < -0.3 is 25.5 Å². The van der Waals surface area contributed by atoms with Crippen LogP contribution in [0.5, 0.6) is 0 Å². The highest BCUT2D eigenvalue weighted by atomic mass is 32.1. The van der Waals surface area contributed by atoms with Crippen molar-refractivity contribution in [3.63, 3.8) is 0 Å². The number of aryl methyl sites for hydroxylation is 1. The largest absolute Gasteiger partial charge is 0.391 e. The molecule has 4 atom stereocenters. The lowest BCUT2D eigenvalue weighted by molar-refractivity contribution is -0.144. The maximum absolute atomic E-state index is 14.2.